The van der Waals surface area contributed by atoms with Crippen molar-refractivity contribution in [3.8, 4) is 0 Å². The highest BCUT2D eigenvalue weighted by molar-refractivity contribution is 5.80. The van der Waals surface area contributed by atoms with Gasteiger partial charge in [0.15, 0.2) is 5.96 Å². The second-order valence-electron chi connectivity index (χ2n) is 6.08. The van der Waals surface area contributed by atoms with E-state index in [1.165, 1.54) is 5.56 Å². The number of carbonyl (C=O) groups excluding carboxylic acids is 1. The smallest absolute Gasteiger partial charge is 0.309 e. The van der Waals surface area contributed by atoms with Crippen LogP contribution >= 0.6 is 0 Å². The Morgan fingerprint density at radius 3 is 2.62 bits per heavy atom. The average molecular weight is 331 g/mol. The lowest BCUT2D eigenvalue weighted by Gasteiger charge is -2.33. The molecule has 5 nitrogen and oxygen atoms in total. The van der Waals surface area contributed by atoms with E-state index in [2.05, 4.69) is 39.5 Å². The first-order valence-corrected chi connectivity index (χ1v) is 8.90. The third kappa shape index (κ3) is 5.55. The molecule has 1 aromatic carbocycles. The summed E-state index contributed by atoms with van der Waals surface area (Å²) in [5.74, 6) is 0.922. The summed E-state index contributed by atoms with van der Waals surface area (Å²) in [6.07, 6.45) is 3.81. The van der Waals surface area contributed by atoms with Crippen molar-refractivity contribution >= 4 is 11.9 Å². The standard InChI is InChI=1S/C19H29N3O2/c1-3-24-18(23)17-11-14-22(15-12-17)19(20-2)21-13-7-10-16-8-5-4-6-9-16/h4-6,8-9,17H,3,7,10-15H2,1-2H3,(H,20,21). The van der Waals surface area contributed by atoms with Crippen LogP contribution in [0.1, 0.15) is 31.7 Å². The van der Waals surface area contributed by atoms with Crippen LogP contribution in [0.3, 0.4) is 0 Å². The van der Waals surface area contributed by atoms with Crippen LogP contribution in [0.2, 0.25) is 0 Å². The molecule has 1 aromatic rings. The van der Waals surface area contributed by atoms with Gasteiger partial charge in [-0.1, -0.05) is 30.3 Å². The van der Waals surface area contributed by atoms with Crippen molar-refractivity contribution in [1.82, 2.24) is 10.2 Å². The van der Waals surface area contributed by atoms with Crippen molar-refractivity contribution in [2.24, 2.45) is 10.9 Å². The summed E-state index contributed by atoms with van der Waals surface area (Å²) in [7, 11) is 1.82. The zero-order chi connectivity index (χ0) is 17.2. The van der Waals surface area contributed by atoms with E-state index in [1.807, 2.05) is 20.0 Å². The number of rotatable bonds is 6. The number of aryl methyl sites for hydroxylation is 1. The number of hydrogen-bond acceptors (Lipinski definition) is 3. The van der Waals surface area contributed by atoms with Gasteiger partial charge >= 0.3 is 5.97 Å². The summed E-state index contributed by atoms with van der Waals surface area (Å²) in [6.45, 7) is 4.92. The van der Waals surface area contributed by atoms with Gasteiger partial charge in [0, 0.05) is 26.7 Å². The summed E-state index contributed by atoms with van der Waals surface area (Å²) in [5.41, 5.74) is 1.37. The Kier molecular flexibility index (Phi) is 7.59. The molecule has 0 atom stereocenters. The number of esters is 1. The Morgan fingerprint density at radius 1 is 1.29 bits per heavy atom. The minimum Gasteiger partial charge on any atom is -0.466 e. The molecular weight excluding hydrogens is 302 g/mol. The Labute approximate surface area is 145 Å². The maximum atomic E-state index is 11.8. The minimum absolute atomic E-state index is 0.0392. The average Bonchev–Trinajstić information content (AvgIpc) is 2.63. The third-order valence-corrected chi connectivity index (χ3v) is 4.39. The second kappa shape index (κ2) is 9.96. The summed E-state index contributed by atoms with van der Waals surface area (Å²) in [4.78, 5) is 18.4. The number of carbonyl (C=O) groups is 1. The molecular formula is C19H29N3O2. The molecule has 0 unspecified atom stereocenters. The van der Waals surface area contributed by atoms with Crippen LogP contribution in [0, 0.1) is 5.92 Å². The molecule has 0 bridgehead atoms. The summed E-state index contributed by atoms with van der Waals surface area (Å²) in [6, 6.07) is 10.5. The van der Waals surface area contributed by atoms with E-state index in [9.17, 15) is 4.79 Å². The van der Waals surface area contributed by atoms with E-state index in [1.54, 1.807) is 0 Å². The first-order valence-electron chi connectivity index (χ1n) is 8.90. The van der Waals surface area contributed by atoms with Crippen molar-refractivity contribution in [1.29, 1.82) is 0 Å². The van der Waals surface area contributed by atoms with Gasteiger partial charge in [0.1, 0.15) is 0 Å². The maximum Gasteiger partial charge on any atom is 0.309 e. The fourth-order valence-electron chi connectivity index (χ4n) is 3.06. The van der Waals surface area contributed by atoms with Gasteiger partial charge in [-0.05, 0) is 38.2 Å². The highest BCUT2D eigenvalue weighted by Gasteiger charge is 2.27. The first kappa shape index (κ1) is 18.3. The van der Waals surface area contributed by atoms with Gasteiger partial charge in [-0.25, -0.2) is 0 Å². The van der Waals surface area contributed by atoms with Crippen LogP contribution in [0.15, 0.2) is 35.3 Å². The van der Waals surface area contributed by atoms with Crippen LogP contribution in [-0.4, -0.2) is 50.1 Å². The first-order chi connectivity index (χ1) is 11.7. The molecule has 0 aliphatic carbocycles. The Bertz CT molecular complexity index is 523. The number of guanidine groups is 1. The Morgan fingerprint density at radius 2 is 2.00 bits per heavy atom. The van der Waals surface area contributed by atoms with E-state index in [0.717, 1.165) is 51.3 Å². The molecule has 0 spiro atoms. The van der Waals surface area contributed by atoms with E-state index in [0.29, 0.717) is 6.61 Å². The summed E-state index contributed by atoms with van der Waals surface area (Å²) >= 11 is 0. The van der Waals surface area contributed by atoms with Crippen LogP contribution < -0.4 is 5.32 Å². The minimum atomic E-state index is -0.0528. The Hall–Kier alpha value is -2.04. The van der Waals surface area contributed by atoms with Gasteiger partial charge in [-0.2, -0.15) is 0 Å². The highest BCUT2D eigenvalue weighted by Crippen LogP contribution is 2.18. The number of piperidine rings is 1. The third-order valence-electron chi connectivity index (χ3n) is 4.39. The van der Waals surface area contributed by atoms with Gasteiger partial charge < -0.3 is 15.0 Å². The monoisotopic (exact) mass is 331 g/mol. The molecule has 1 aliphatic rings. The van der Waals surface area contributed by atoms with E-state index in [4.69, 9.17) is 4.74 Å². The quantitative estimate of drug-likeness (QED) is 0.377. The van der Waals surface area contributed by atoms with Crippen molar-refractivity contribution in [2.45, 2.75) is 32.6 Å². The number of nitrogens with one attached hydrogen (secondary N) is 1. The Balaban J connectivity index is 1.70. The predicted octanol–water partition coefficient (Wildman–Crippen LogP) is 2.47. The van der Waals surface area contributed by atoms with Crippen LogP contribution in [0.4, 0.5) is 0 Å². The number of likely N-dealkylation sites (tertiary alicyclic amines) is 1. The number of aliphatic imine (C=N–C) groups is 1. The maximum absolute atomic E-state index is 11.8. The lowest BCUT2D eigenvalue weighted by Crippen LogP contribution is -2.47. The summed E-state index contributed by atoms with van der Waals surface area (Å²) < 4.78 is 5.12. The van der Waals surface area contributed by atoms with Crippen molar-refractivity contribution in [2.75, 3.05) is 33.3 Å². The van der Waals surface area contributed by atoms with Gasteiger partial charge in [0.2, 0.25) is 0 Å². The lowest BCUT2D eigenvalue weighted by atomic mass is 9.97. The normalized spacial score (nSPS) is 16.1. The second-order valence-corrected chi connectivity index (χ2v) is 6.08. The molecule has 1 fully saturated rings. The van der Waals surface area contributed by atoms with E-state index in [-0.39, 0.29) is 11.9 Å². The predicted molar refractivity (Wildman–Crippen MR) is 97.1 cm³/mol. The molecule has 1 heterocycles. The molecule has 0 amide bonds. The topological polar surface area (TPSA) is 53.9 Å². The molecule has 0 aromatic heterocycles. The molecule has 24 heavy (non-hydrogen) atoms. The zero-order valence-electron chi connectivity index (χ0n) is 14.8. The molecule has 1 saturated heterocycles. The number of ether oxygens (including phenoxy) is 1. The molecule has 132 valence electrons. The number of hydrogen-bond donors (Lipinski definition) is 1. The van der Waals surface area contributed by atoms with E-state index >= 15 is 0 Å². The molecule has 5 heteroatoms. The fraction of sp³-hybridized carbons (Fsp3) is 0.579. The van der Waals surface area contributed by atoms with E-state index < -0.39 is 0 Å². The summed E-state index contributed by atoms with van der Waals surface area (Å²) in [5, 5.41) is 3.44. The van der Waals surface area contributed by atoms with Gasteiger partial charge in [-0.15, -0.1) is 0 Å². The van der Waals surface area contributed by atoms with Crippen LogP contribution in [0.25, 0.3) is 0 Å². The zero-order valence-corrected chi connectivity index (χ0v) is 14.8. The van der Waals surface area contributed by atoms with Gasteiger partial charge in [0.05, 0.1) is 12.5 Å². The number of nitrogens with zero attached hydrogens (tertiary/aromatic N) is 2. The molecule has 1 N–H and O–H groups in total. The van der Waals surface area contributed by atoms with Crippen LogP contribution in [-0.2, 0) is 16.0 Å². The van der Waals surface area contributed by atoms with Crippen molar-refractivity contribution in [3.63, 3.8) is 0 Å². The molecule has 0 saturated carbocycles. The fourth-order valence-corrected chi connectivity index (χ4v) is 3.06. The molecule has 0 radical (unpaired) electrons. The SMILES string of the molecule is CCOC(=O)C1CCN(C(=NC)NCCCc2ccccc2)CC1. The lowest BCUT2D eigenvalue weighted by molar-refractivity contribution is -0.149. The molecule has 1 aliphatic heterocycles. The van der Waals surface area contributed by atoms with Crippen molar-refractivity contribution < 1.29 is 9.53 Å². The van der Waals surface area contributed by atoms with Gasteiger partial charge in [0.25, 0.3) is 0 Å². The van der Waals surface area contributed by atoms with Gasteiger partial charge in [-0.3, -0.25) is 9.79 Å². The van der Waals surface area contributed by atoms with Crippen LogP contribution in [0.5, 0.6) is 0 Å². The molecule has 2 rings (SSSR count). The number of benzene rings is 1. The largest absolute Gasteiger partial charge is 0.466 e. The highest BCUT2D eigenvalue weighted by atomic mass is 16.5. The van der Waals surface area contributed by atoms with Crippen molar-refractivity contribution in [3.05, 3.63) is 35.9 Å².